The zero-order valence-corrected chi connectivity index (χ0v) is 19.0. The lowest BCUT2D eigenvalue weighted by Gasteiger charge is -2.13. The highest BCUT2D eigenvalue weighted by atomic mass is 35.5. The molecular formula is C23H24ClN3O6. The number of carboxylic acids is 1. The third kappa shape index (κ3) is 7.03. The van der Waals surface area contributed by atoms with E-state index in [-0.39, 0.29) is 24.8 Å². The van der Waals surface area contributed by atoms with Gasteiger partial charge in [-0.3, -0.25) is 0 Å². The monoisotopic (exact) mass is 473 g/mol. The van der Waals surface area contributed by atoms with Crippen molar-refractivity contribution in [3.8, 4) is 17.2 Å². The van der Waals surface area contributed by atoms with Crippen molar-refractivity contribution in [1.82, 2.24) is 10.2 Å². The van der Waals surface area contributed by atoms with Crippen LogP contribution in [-0.4, -0.2) is 52.9 Å². The molecule has 9 nitrogen and oxygen atoms in total. The van der Waals surface area contributed by atoms with Crippen molar-refractivity contribution in [2.75, 3.05) is 19.8 Å². The molecule has 3 rings (SSSR count). The number of carbonyl (C=O) groups is 1. The SMILES string of the molecule is CCO/N=C(\COc1cccc(CC(OCC)C(=O)O)c1)c1nnc(-c2cccc(Cl)c2)o1. The number of nitrogens with zero attached hydrogens (tertiary/aromatic N) is 3. The van der Waals surface area contributed by atoms with Gasteiger partial charge in [-0.05, 0) is 49.7 Å². The van der Waals surface area contributed by atoms with Crippen LogP contribution < -0.4 is 4.74 Å². The Morgan fingerprint density at radius 3 is 2.70 bits per heavy atom. The van der Waals surface area contributed by atoms with Crippen LogP contribution in [0.2, 0.25) is 5.02 Å². The van der Waals surface area contributed by atoms with Gasteiger partial charge in [-0.15, -0.1) is 10.2 Å². The van der Waals surface area contributed by atoms with Crippen LogP contribution in [0.15, 0.2) is 58.1 Å². The molecule has 2 aromatic carbocycles. The smallest absolute Gasteiger partial charge is 0.333 e. The summed E-state index contributed by atoms with van der Waals surface area (Å²) in [6, 6.07) is 14.1. The summed E-state index contributed by atoms with van der Waals surface area (Å²) < 4.78 is 16.9. The Balaban J connectivity index is 1.73. The van der Waals surface area contributed by atoms with Gasteiger partial charge in [0, 0.05) is 23.6 Å². The Hall–Kier alpha value is -3.43. The summed E-state index contributed by atoms with van der Waals surface area (Å²) in [5.41, 5.74) is 1.74. The van der Waals surface area contributed by atoms with Crippen LogP contribution >= 0.6 is 11.6 Å². The molecule has 1 N–H and O–H groups in total. The molecule has 1 aromatic heterocycles. The van der Waals surface area contributed by atoms with Gasteiger partial charge in [0.1, 0.15) is 19.0 Å². The largest absolute Gasteiger partial charge is 0.487 e. The van der Waals surface area contributed by atoms with Gasteiger partial charge in [-0.25, -0.2) is 4.79 Å². The van der Waals surface area contributed by atoms with Crippen LogP contribution in [0.5, 0.6) is 5.75 Å². The minimum Gasteiger partial charge on any atom is -0.487 e. The topological polar surface area (TPSA) is 116 Å². The van der Waals surface area contributed by atoms with E-state index in [1.165, 1.54) is 0 Å². The minimum absolute atomic E-state index is 0.00550. The summed E-state index contributed by atoms with van der Waals surface area (Å²) in [5.74, 6) is -0.0562. The highest BCUT2D eigenvalue weighted by Gasteiger charge is 2.19. The molecule has 0 saturated heterocycles. The second-order valence-corrected chi connectivity index (χ2v) is 7.24. The van der Waals surface area contributed by atoms with E-state index in [9.17, 15) is 9.90 Å². The molecule has 10 heteroatoms. The van der Waals surface area contributed by atoms with Gasteiger partial charge in [0.25, 0.3) is 5.89 Å². The molecule has 0 amide bonds. The van der Waals surface area contributed by atoms with E-state index < -0.39 is 12.1 Å². The molecule has 0 fully saturated rings. The summed E-state index contributed by atoms with van der Waals surface area (Å²) in [7, 11) is 0. The van der Waals surface area contributed by atoms with Crippen molar-refractivity contribution < 1.29 is 28.6 Å². The van der Waals surface area contributed by atoms with Gasteiger partial charge >= 0.3 is 5.97 Å². The number of aliphatic carboxylic acids is 1. The van der Waals surface area contributed by atoms with Crippen LogP contribution in [0.4, 0.5) is 0 Å². The average Bonchev–Trinajstić information content (AvgIpc) is 3.29. The number of carboxylic acid groups (broad SMARTS) is 1. The van der Waals surface area contributed by atoms with Crippen molar-refractivity contribution in [3.05, 3.63) is 65.0 Å². The summed E-state index contributed by atoms with van der Waals surface area (Å²) in [6.45, 7) is 4.21. The van der Waals surface area contributed by atoms with E-state index in [1.54, 1.807) is 56.3 Å². The third-order valence-electron chi connectivity index (χ3n) is 4.39. The number of rotatable bonds is 12. The molecule has 1 heterocycles. The number of aromatic nitrogens is 2. The fourth-order valence-electron chi connectivity index (χ4n) is 2.89. The van der Waals surface area contributed by atoms with Crippen molar-refractivity contribution in [2.24, 2.45) is 5.16 Å². The predicted molar refractivity (Wildman–Crippen MR) is 122 cm³/mol. The number of benzene rings is 2. The Labute approximate surface area is 195 Å². The normalized spacial score (nSPS) is 12.4. The van der Waals surface area contributed by atoms with Crippen LogP contribution in [0, 0.1) is 0 Å². The first-order valence-electron chi connectivity index (χ1n) is 10.3. The maximum atomic E-state index is 11.4. The van der Waals surface area contributed by atoms with Crippen molar-refractivity contribution in [2.45, 2.75) is 26.4 Å². The minimum atomic E-state index is -1.01. The standard InChI is InChI=1S/C23H24ClN3O6/c1-3-30-20(23(28)29)12-15-7-5-10-18(11-15)31-14-19(27-32-4-2)22-26-25-21(33-22)16-8-6-9-17(24)13-16/h5-11,13,20H,3-4,12,14H2,1-2H3,(H,28,29)/b27-19+. The molecule has 0 aliphatic heterocycles. The Kier molecular flexibility index (Phi) is 8.79. The lowest BCUT2D eigenvalue weighted by atomic mass is 10.1. The molecular weight excluding hydrogens is 450 g/mol. The van der Waals surface area contributed by atoms with Crippen LogP contribution in [0.3, 0.4) is 0 Å². The van der Waals surface area contributed by atoms with E-state index in [1.807, 2.05) is 6.07 Å². The molecule has 0 aliphatic carbocycles. The second-order valence-electron chi connectivity index (χ2n) is 6.80. The van der Waals surface area contributed by atoms with Gasteiger partial charge in [-0.1, -0.05) is 35.0 Å². The van der Waals surface area contributed by atoms with E-state index in [0.717, 1.165) is 5.56 Å². The van der Waals surface area contributed by atoms with Crippen LogP contribution in [0.1, 0.15) is 25.3 Å². The second kappa shape index (κ2) is 12.0. The Morgan fingerprint density at radius 1 is 1.15 bits per heavy atom. The quantitative estimate of drug-likeness (QED) is 0.306. The summed E-state index contributed by atoms with van der Waals surface area (Å²) in [5, 5.41) is 22.0. The van der Waals surface area contributed by atoms with Crippen molar-refractivity contribution >= 4 is 23.3 Å². The maximum Gasteiger partial charge on any atom is 0.333 e. The highest BCUT2D eigenvalue weighted by Crippen LogP contribution is 2.22. The van der Waals surface area contributed by atoms with Crippen molar-refractivity contribution in [3.63, 3.8) is 0 Å². The number of ether oxygens (including phenoxy) is 2. The van der Waals surface area contributed by atoms with Gasteiger partial charge in [0.05, 0.1) is 0 Å². The molecule has 0 spiro atoms. The number of halogens is 1. The third-order valence-corrected chi connectivity index (χ3v) is 4.62. The number of hydrogen-bond donors (Lipinski definition) is 1. The van der Waals surface area contributed by atoms with Gasteiger partial charge in [0.15, 0.2) is 11.8 Å². The molecule has 3 aromatic rings. The fourth-order valence-corrected chi connectivity index (χ4v) is 3.08. The molecule has 0 bridgehead atoms. The first kappa shape index (κ1) is 24.2. The number of oxime groups is 1. The van der Waals surface area contributed by atoms with Gasteiger partial charge in [0.2, 0.25) is 5.89 Å². The lowest BCUT2D eigenvalue weighted by Crippen LogP contribution is -2.26. The molecule has 0 radical (unpaired) electrons. The number of hydrogen-bond acceptors (Lipinski definition) is 8. The molecule has 1 unspecified atom stereocenters. The van der Waals surface area contributed by atoms with Crippen LogP contribution in [0.25, 0.3) is 11.5 Å². The van der Waals surface area contributed by atoms with E-state index in [0.29, 0.717) is 35.3 Å². The van der Waals surface area contributed by atoms with E-state index >= 15 is 0 Å². The first-order chi connectivity index (χ1) is 16.0. The average molecular weight is 474 g/mol. The lowest BCUT2D eigenvalue weighted by molar-refractivity contribution is -0.149. The molecule has 1 atom stereocenters. The van der Waals surface area contributed by atoms with Gasteiger partial charge in [-0.2, -0.15) is 0 Å². The Morgan fingerprint density at radius 2 is 1.97 bits per heavy atom. The molecule has 0 aliphatic rings. The molecule has 33 heavy (non-hydrogen) atoms. The first-order valence-corrected chi connectivity index (χ1v) is 10.7. The summed E-state index contributed by atoms with van der Waals surface area (Å²) in [4.78, 5) is 16.5. The fraction of sp³-hybridized carbons (Fsp3) is 0.304. The zero-order valence-electron chi connectivity index (χ0n) is 18.2. The molecule has 0 saturated carbocycles. The molecule has 174 valence electrons. The predicted octanol–water partition coefficient (Wildman–Crippen LogP) is 4.24. The highest BCUT2D eigenvalue weighted by molar-refractivity contribution is 6.30. The Bertz CT molecular complexity index is 1100. The van der Waals surface area contributed by atoms with E-state index in [4.69, 9.17) is 30.3 Å². The zero-order chi connectivity index (χ0) is 23.6. The van der Waals surface area contributed by atoms with Gasteiger partial charge < -0.3 is 23.8 Å². The summed E-state index contributed by atoms with van der Waals surface area (Å²) in [6.07, 6.45) is -0.712. The van der Waals surface area contributed by atoms with Crippen molar-refractivity contribution in [1.29, 1.82) is 0 Å². The van der Waals surface area contributed by atoms with E-state index in [2.05, 4.69) is 15.4 Å². The van der Waals surface area contributed by atoms with Crippen LogP contribution in [-0.2, 0) is 20.8 Å². The maximum absolute atomic E-state index is 11.4. The summed E-state index contributed by atoms with van der Waals surface area (Å²) >= 11 is 6.04.